The molecule has 0 aromatic heterocycles. The molecule has 1 aliphatic carbocycles. The zero-order valence-corrected chi connectivity index (χ0v) is 11.3. The van der Waals surface area contributed by atoms with Gasteiger partial charge < -0.3 is 5.32 Å². The van der Waals surface area contributed by atoms with Crippen LogP contribution in [0.5, 0.6) is 0 Å². The van der Waals surface area contributed by atoms with Gasteiger partial charge in [0.15, 0.2) is 0 Å². The van der Waals surface area contributed by atoms with Crippen molar-refractivity contribution in [3.63, 3.8) is 0 Å². The maximum absolute atomic E-state index is 3.82. The van der Waals surface area contributed by atoms with Crippen molar-refractivity contribution in [1.29, 1.82) is 0 Å². The van der Waals surface area contributed by atoms with Gasteiger partial charge in [-0.1, -0.05) is 40.5 Å². The molecular formula is C14H29N. The Morgan fingerprint density at radius 3 is 2.33 bits per heavy atom. The van der Waals surface area contributed by atoms with E-state index in [4.69, 9.17) is 0 Å². The molecule has 1 heteroatoms. The molecule has 0 saturated heterocycles. The summed E-state index contributed by atoms with van der Waals surface area (Å²) in [4.78, 5) is 0. The molecule has 0 bridgehead atoms. The van der Waals surface area contributed by atoms with Crippen LogP contribution in [0.25, 0.3) is 0 Å². The van der Waals surface area contributed by atoms with Gasteiger partial charge in [-0.3, -0.25) is 0 Å². The van der Waals surface area contributed by atoms with Gasteiger partial charge in [-0.15, -0.1) is 0 Å². The van der Waals surface area contributed by atoms with Gasteiger partial charge in [0, 0.05) is 12.1 Å². The Balaban J connectivity index is 2.38. The minimum Gasteiger partial charge on any atom is -0.311 e. The summed E-state index contributed by atoms with van der Waals surface area (Å²) in [6.07, 6.45) is 7.01. The molecule has 0 heterocycles. The van der Waals surface area contributed by atoms with E-state index >= 15 is 0 Å². The zero-order chi connectivity index (χ0) is 11.5. The van der Waals surface area contributed by atoms with Crippen LogP contribution in [-0.2, 0) is 0 Å². The van der Waals surface area contributed by atoms with E-state index in [1.54, 1.807) is 0 Å². The van der Waals surface area contributed by atoms with Crippen LogP contribution in [0.3, 0.4) is 0 Å². The second-order valence-electron chi connectivity index (χ2n) is 6.56. The van der Waals surface area contributed by atoms with Crippen molar-refractivity contribution in [3.8, 4) is 0 Å². The SMILES string of the molecule is CC1CCCC(NC(C)C(C)(C)C)CC1. The summed E-state index contributed by atoms with van der Waals surface area (Å²) < 4.78 is 0. The van der Waals surface area contributed by atoms with E-state index < -0.39 is 0 Å². The lowest BCUT2D eigenvalue weighted by atomic mass is 9.87. The number of hydrogen-bond acceptors (Lipinski definition) is 1. The highest BCUT2D eigenvalue weighted by atomic mass is 15.0. The largest absolute Gasteiger partial charge is 0.311 e. The van der Waals surface area contributed by atoms with Gasteiger partial charge >= 0.3 is 0 Å². The lowest BCUT2D eigenvalue weighted by molar-refractivity contribution is 0.252. The minimum absolute atomic E-state index is 0.387. The molecule has 0 aromatic rings. The Kier molecular flexibility index (Phi) is 4.64. The van der Waals surface area contributed by atoms with E-state index in [0.717, 1.165) is 12.0 Å². The molecule has 1 N–H and O–H groups in total. The average Bonchev–Trinajstić information content (AvgIpc) is 2.29. The second-order valence-corrected chi connectivity index (χ2v) is 6.56. The van der Waals surface area contributed by atoms with Crippen LogP contribution in [0.15, 0.2) is 0 Å². The molecule has 0 amide bonds. The Labute approximate surface area is 96.0 Å². The summed E-state index contributed by atoms with van der Waals surface area (Å²) >= 11 is 0. The van der Waals surface area contributed by atoms with Crippen LogP contribution >= 0.6 is 0 Å². The van der Waals surface area contributed by atoms with Crippen LogP contribution < -0.4 is 5.32 Å². The molecule has 0 aromatic carbocycles. The third kappa shape index (κ3) is 4.55. The highest BCUT2D eigenvalue weighted by Crippen LogP contribution is 2.25. The van der Waals surface area contributed by atoms with Crippen molar-refractivity contribution in [1.82, 2.24) is 5.32 Å². The molecule has 1 fully saturated rings. The molecule has 0 aliphatic heterocycles. The summed E-state index contributed by atoms with van der Waals surface area (Å²) in [5.74, 6) is 0.946. The monoisotopic (exact) mass is 211 g/mol. The van der Waals surface area contributed by atoms with E-state index in [2.05, 4.69) is 39.9 Å². The summed E-state index contributed by atoms with van der Waals surface area (Å²) in [7, 11) is 0. The van der Waals surface area contributed by atoms with Gasteiger partial charge in [-0.2, -0.15) is 0 Å². The molecule has 1 rings (SSSR count). The van der Waals surface area contributed by atoms with Gasteiger partial charge in [0.2, 0.25) is 0 Å². The second kappa shape index (κ2) is 5.34. The average molecular weight is 211 g/mol. The van der Waals surface area contributed by atoms with Crippen molar-refractivity contribution in [2.75, 3.05) is 0 Å². The van der Waals surface area contributed by atoms with Gasteiger partial charge in [0.05, 0.1) is 0 Å². The lowest BCUT2D eigenvalue weighted by Gasteiger charge is -2.32. The highest BCUT2D eigenvalue weighted by Gasteiger charge is 2.24. The standard InChI is InChI=1S/C14H29N/c1-11-7-6-8-13(10-9-11)15-12(2)14(3,4)5/h11-13,15H,6-10H2,1-5H3. The fourth-order valence-electron chi connectivity index (χ4n) is 2.26. The quantitative estimate of drug-likeness (QED) is 0.681. The van der Waals surface area contributed by atoms with E-state index in [1.165, 1.54) is 32.1 Å². The van der Waals surface area contributed by atoms with Crippen molar-refractivity contribution < 1.29 is 0 Å². The molecule has 0 radical (unpaired) electrons. The van der Waals surface area contributed by atoms with E-state index in [0.29, 0.717) is 11.5 Å². The molecule has 0 spiro atoms. The maximum Gasteiger partial charge on any atom is 0.00898 e. The van der Waals surface area contributed by atoms with Crippen molar-refractivity contribution in [3.05, 3.63) is 0 Å². The van der Waals surface area contributed by atoms with Crippen molar-refractivity contribution in [2.45, 2.75) is 78.8 Å². The Bertz CT molecular complexity index is 180. The summed E-state index contributed by atoms with van der Waals surface area (Å²) in [5.41, 5.74) is 0.387. The first-order valence-corrected chi connectivity index (χ1v) is 6.65. The number of hydrogen-bond donors (Lipinski definition) is 1. The predicted molar refractivity (Wildman–Crippen MR) is 68.1 cm³/mol. The third-order valence-electron chi connectivity index (χ3n) is 4.04. The number of nitrogens with one attached hydrogen (secondary N) is 1. The Morgan fingerprint density at radius 2 is 1.73 bits per heavy atom. The molecule has 3 unspecified atom stereocenters. The van der Waals surface area contributed by atoms with E-state index in [9.17, 15) is 0 Å². The number of rotatable bonds is 2. The molecule has 90 valence electrons. The van der Waals surface area contributed by atoms with Gasteiger partial charge in [-0.05, 0) is 37.5 Å². The molecule has 3 atom stereocenters. The van der Waals surface area contributed by atoms with Crippen LogP contribution in [0.1, 0.15) is 66.7 Å². The van der Waals surface area contributed by atoms with Gasteiger partial charge in [-0.25, -0.2) is 0 Å². The first kappa shape index (κ1) is 13.0. The lowest BCUT2D eigenvalue weighted by Crippen LogP contribution is -2.43. The first-order valence-electron chi connectivity index (χ1n) is 6.65. The van der Waals surface area contributed by atoms with Crippen LogP contribution in [-0.4, -0.2) is 12.1 Å². The summed E-state index contributed by atoms with van der Waals surface area (Å²) in [6, 6.07) is 1.39. The summed E-state index contributed by atoms with van der Waals surface area (Å²) in [6.45, 7) is 11.7. The normalized spacial score (nSPS) is 31.0. The van der Waals surface area contributed by atoms with Gasteiger partial charge in [0.1, 0.15) is 0 Å². The highest BCUT2D eigenvalue weighted by molar-refractivity contribution is 4.82. The minimum atomic E-state index is 0.387. The first-order chi connectivity index (χ1) is 6.89. The molecule has 1 aliphatic rings. The molecular weight excluding hydrogens is 182 g/mol. The van der Waals surface area contributed by atoms with Crippen LogP contribution in [0.2, 0.25) is 0 Å². The fraction of sp³-hybridized carbons (Fsp3) is 1.00. The Hall–Kier alpha value is -0.0400. The smallest absolute Gasteiger partial charge is 0.00898 e. The van der Waals surface area contributed by atoms with Crippen LogP contribution in [0, 0.1) is 11.3 Å². The molecule has 15 heavy (non-hydrogen) atoms. The van der Waals surface area contributed by atoms with E-state index in [1.807, 2.05) is 0 Å². The van der Waals surface area contributed by atoms with E-state index in [-0.39, 0.29) is 0 Å². The topological polar surface area (TPSA) is 12.0 Å². The maximum atomic E-state index is 3.82. The zero-order valence-electron chi connectivity index (χ0n) is 11.3. The Morgan fingerprint density at radius 1 is 1.07 bits per heavy atom. The van der Waals surface area contributed by atoms with Gasteiger partial charge in [0.25, 0.3) is 0 Å². The van der Waals surface area contributed by atoms with Crippen molar-refractivity contribution in [2.24, 2.45) is 11.3 Å². The fourth-order valence-corrected chi connectivity index (χ4v) is 2.26. The van der Waals surface area contributed by atoms with Crippen LogP contribution in [0.4, 0.5) is 0 Å². The third-order valence-corrected chi connectivity index (χ3v) is 4.04. The van der Waals surface area contributed by atoms with Crippen molar-refractivity contribution >= 4 is 0 Å². The summed E-state index contributed by atoms with van der Waals surface area (Å²) in [5, 5.41) is 3.82. The molecule has 1 saturated carbocycles. The predicted octanol–water partition coefficient (Wildman–Crippen LogP) is 3.98. The molecule has 1 nitrogen and oxygen atoms in total.